The maximum Gasteiger partial charge on any atom is 0.417 e. The first-order valence-corrected chi connectivity index (χ1v) is 9.36. The number of sulfonamides is 1. The first kappa shape index (κ1) is 17.6. The number of rotatable bonds is 3. The second-order valence-corrected chi connectivity index (χ2v) is 8.12. The van der Waals surface area contributed by atoms with Crippen molar-refractivity contribution in [3.05, 3.63) is 53.7 Å². The maximum atomic E-state index is 12.5. The Morgan fingerprint density at radius 2 is 1.70 bits per heavy atom. The van der Waals surface area contributed by atoms with Crippen molar-refractivity contribution >= 4 is 20.7 Å². The van der Waals surface area contributed by atoms with Gasteiger partial charge in [0.25, 0.3) is 10.0 Å². The van der Waals surface area contributed by atoms with Gasteiger partial charge in [-0.2, -0.15) is 21.6 Å². The van der Waals surface area contributed by atoms with Gasteiger partial charge in [0.05, 0.1) is 10.5 Å². The zero-order chi connectivity index (χ0) is 17.3. The van der Waals surface area contributed by atoms with Gasteiger partial charge in [-0.1, -0.05) is 17.7 Å². The molecule has 1 unspecified atom stereocenters. The van der Waals surface area contributed by atoms with Crippen LogP contribution in [-0.2, 0) is 26.9 Å². The fourth-order valence-electron chi connectivity index (χ4n) is 1.66. The second kappa shape index (κ2) is 6.40. The predicted molar refractivity (Wildman–Crippen MR) is 81.6 cm³/mol. The first-order chi connectivity index (χ1) is 10.6. The summed E-state index contributed by atoms with van der Waals surface area (Å²) in [4.78, 5) is 3.71. The van der Waals surface area contributed by atoms with E-state index in [-0.39, 0.29) is 9.92 Å². The average molecular weight is 362 g/mol. The number of halogens is 3. The molecule has 0 amide bonds. The van der Waals surface area contributed by atoms with Crippen LogP contribution >= 0.6 is 0 Å². The van der Waals surface area contributed by atoms with E-state index in [1.807, 2.05) is 6.92 Å². The van der Waals surface area contributed by atoms with Crippen LogP contribution in [0.15, 0.2) is 56.3 Å². The van der Waals surface area contributed by atoms with E-state index in [0.29, 0.717) is 6.20 Å². The van der Waals surface area contributed by atoms with Gasteiger partial charge in [0.2, 0.25) is 0 Å². The van der Waals surface area contributed by atoms with Crippen LogP contribution in [-0.4, -0.2) is 19.7 Å². The Morgan fingerprint density at radius 1 is 1.09 bits per heavy atom. The first-order valence-electron chi connectivity index (χ1n) is 6.33. The molecule has 4 nitrogen and oxygen atoms in total. The van der Waals surface area contributed by atoms with Crippen molar-refractivity contribution in [1.82, 2.24) is 4.98 Å². The largest absolute Gasteiger partial charge is 0.417 e. The lowest BCUT2D eigenvalue weighted by molar-refractivity contribution is -0.137. The smallest absolute Gasteiger partial charge is 0.248 e. The van der Waals surface area contributed by atoms with Crippen LogP contribution < -0.4 is 0 Å². The SMILES string of the molecule is Cc1ccc(S(=O)(=O)/N=S(\C)c2ccc(C(F)(F)F)cn2)cc1. The summed E-state index contributed by atoms with van der Waals surface area (Å²) >= 11 is 0. The molecule has 0 aliphatic carbocycles. The Bertz CT molecular complexity index is 828. The highest BCUT2D eigenvalue weighted by atomic mass is 32.3. The van der Waals surface area contributed by atoms with E-state index < -0.39 is 32.5 Å². The maximum absolute atomic E-state index is 12.5. The summed E-state index contributed by atoms with van der Waals surface area (Å²) in [7, 11) is -5.07. The molecule has 2 rings (SSSR count). The average Bonchev–Trinajstić information content (AvgIpc) is 2.46. The van der Waals surface area contributed by atoms with Gasteiger partial charge in [0.15, 0.2) is 0 Å². The van der Waals surface area contributed by atoms with Crippen molar-refractivity contribution in [2.75, 3.05) is 6.26 Å². The van der Waals surface area contributed by atoms with Crippen LogP contribution in [0.4, 0.5) is 13.2 Å². The highest BCUT2D eigenvalue weighted by molar-refractivity contribution is 7.99. The Labute approximate surface area is 134 Å². The molecular formula is C14H13F3N2O2S2. The topological polar surface area (TPSA) is 59.4 Å². The van der Waals surface area contributed by atoms with Gasteiger partial charge >= 0.3 is 6.18 Å². The lowest BCUT2D eigenvalue weighted by Crippen LogP contribution is -2.06. The van der Waals surface area contributed by atoms with Crippen LogP contribution in [0.25, 0.3) is 0 Å². The van der Waals surface area contributed by atoms with E-state index in [4.69, 9.17) is 0 Å². The molecule has 0 aliphatic rings. The zero-order valence-electron chi connectivity index (χ0n) is 12.2. The number of hydrogen-bond acceptors (Lipinski definition) is 3. The van der Waals surface area contributed by atoms with Crippen LogP contribution in [0, 0.1) is 6.92 Å². The number of pyridine rings is 1. The Morgan fingerprint density at radius 3 is 2.17 bits per heavy atom. The molecule has 0 N–H and O–H groups in total. The quantitative estimate of drug-likeness (QED) is 0.838. The number of hydrogen-bond donors (Lipinski definition) is 0. The second-order valence-electron chi connectivity index (χ2n) is 4.72. The van der Waals surface area contributed by atoms with Crippen LogP contribution in [0.3, 0.4) is 0 Å². The van der Waals surface area contributed by atoms with E-state index in [2.05, 4.69) is 8.75 Å². The van der Waals surface area contributed by atoms with Gasteiger partial charge < -0.3 is 0 Å². The lowest BCUT2D eigenvalue weighted by atomic mass is 10.2. The molecule has 0 aliphatic heterocycles. The van der Waals surface area contributed by atoms with Crippen LogP contribution in [0.1, 0.15) is 11.1 Å². The van der Waals surface area contributed by atoms with Crippen molar-refractivity contribution in [3.63, 3.8) is 0 Å². The number of aromatic nitrogens is 1. The molecule has 23 heavy (non-hydrogen) atoms. The van der Waals surface area contributed by atoms with E-state index in [9.17, 15) is 21.6 Å². The summed E-state index contributed by atoms with van der Waals surface area (Å²) in [6.45, 7) is 1.82. The van der Waals surface area contributed by atoms with Crippen molar-refractivity contribution in [2.24, 2.45) is 3.77 Å². The predicted octanol–water partition coefficient (Wildman–Crippen LogP) is 3.59. The van der Waals surface area contributed by atoms with Gasteiger partial charge in [-0.3, -0.25) is 0 Å². The minimum absolute atomic E-state index is 0.0364. The molecule has 0 saturated carbocycles. The number of benzene rings is 1. The van der Waals surface area contributed by atoms with E-state index >= 15 is 0 Å². The zero-order valence-corrected chi connectivity index (χ0v) is 13.8. The molecule has 0 spiro atoms. The standard InChI is InChI=1S/C14H13F3N2O2S2/c1-10-3-6-12(7-4-10)23(20,21)19-22(2)13-8-5-11(9-18-13)14(15,16)17/h3-9H,1-2H3. The van der Waals surface area contributed by atoms with Crippen molar-refractivity contribution in [2.45, 2.75) is 23.0 Å². The van der Waals surface area contributed by atoms with Gasteiger partial charge in [-0.05, 0) is 48.1 Å². The molecule has 0 saturated heterocycles. The molecule has 0 bridgehead atoms. The normalized spacial score (nSPS) is 14.0. The van der Waals surface area contributed by atoms with Crippen molar-refractivity contribution in [3.8, 4) is 0 Å². The summed E-state index contributed by atoms with van der Waals surface area (Å²) in [5.41, 5.74) is 0.0171. The van der Waals surface area contributed by atoms with E-state index in [1.54, 1.807) is 12.1 Å². The monoisotopic (exact) mass is 362 g/mol. The highest BCUT2D eigenvalue weighted by Gasteiger charge is 2.30. The van der Waals surface area contributed by atoms with Crippen LogP contribution in [0.2, 0.25) is 0 Å². The molecule has 0 fully saturated rings. The van der Waals surface area contributed by atoms with E-state index in [1.165, 1.54) is 18.4 Å². The summed E-state index contributed by atoms with van der Waals surface area (Å²) in [6.07, 6.45) is -2.32. The van der Waals surface area contributed by atoms with Crippen molar-refractivity contribution in [1.29, 1.82) is 0 Å². The van der Waals surface area contributed by atoms with Gasteiger partial charge in [-0.15, -0.1) is 3.77 Å². The highest BCUT2D eigenvalue weighted by Crippen LogP contribution is 2.28. The molecular weight excluding hydrogens is 349 g/mol. The summed E-state index contributed by atoms with van der Waals surface area (Å²) < 4.78 is 65.6. The molecule has 9 heteroatoms. The Kier molecular flexibility index (Phi) is 4.90. The lowest BCUT2D eigenvalue weighted by Gasteiger charge is -2.07. The third-order valence-electron chi connectivity index (χ3n) is 2.90. The minimum atomic E-state index is -4.48. The fraction of sp³-hybridized carbons (Fsp3) is 0.214. The summed E-state index contributed by atoms with van der Waals surface area (Å²) in [5.74, 6) is 0. The fourth-order valence-corrected chi connectivity index (χ4v) is 4.44. The van der Waals surface area contributed by atoms with Gasteiger partial charge in [0.1, 0.15) is 5.03 Å². The molecule has 1 aromatic heterocycles. The van der Waals surface area contributed by atoms with E-state index in [0.717, 1.165) is 17.7 Å². The minimum Gasteiger partial charge on any atom is -0.248 e. The number of aryl methyl sites for hydroxylation is 1. The van der Waals surface area contributed by atoms with Crippen LogP contribution in [0.5, 0.6) is 0 Å². The third kappa shape index (κ3) is 4.38. The summed E-state index contributed by atoms with van der Waals surface area (Å²) in [5, 5.41) is 0.175. The third-order valence-corrected chi connectivity index (χ3v) is 6.29. The molecule has 1 atom stereocenters. The molecule has 0 radical (unpaired) electrons. The van der Waals surface area contributed by atoms with Gasteiger partial charge in [-0.25, -0.2) is 4.98 Å². The van der Waals surface area contributed by atoms with Crippen molar-refractivity contribution < 1.29 is 21.6 Å². The number of alkyl halides is 3. The Balaban J connectivity index is 2.33. The number of nitrogens with zero attached hydrogens (tertiary/aromatic N) is 2. The molecule has 124 valence electrons. The molecule has 1 aromatic carbocycles. The molecule has 2 aromatic rings. The Hall–Kier alpha value is -1.74. The summed E-state index contributed by atoms with van der Waals surface area (Å²) in [6, 6.07) is 8.16. The van der Waals surface area contributed by atoms with Gasteiger partial charge in [0, 0.05) is 6.20 Å². The molecule has 1 heterocycles.